The highest BCUT2D eigenvalue weighted by molar-refractivity contribution is 6.07. The van der Waals surface area contributed by atoms with Crippen LogP contribution >= 0.6 is 0 Å². The predicted molar refractivity (Wildman–Crippen MR) is 120 cm³/mol. The quantitative estimate of drug-likeness (QED) is 0.390. The summed E-state index contributed by atoms with van der Waals surface area (Å²) in [5.41, 5.74) is 4.26. The predicted octanol–water partition coefficient (Wildman–Crippen LogP) is 6.16. The summed E-state index contributed by atoms with van der Waals surface area (Å²) in [5, 5.41) is 2.29. The normalized spacial score (nSPS) is 21.5. The molecule has 0 saturated heterocycles. The molecule has 2 heteroatoms. The molecule has 0 bridgehead atoms. The molecular formula is C28H20O2. The van der Waals surface area contributed by atoms with Gasteiger partial charge in [-0.3, -0.25) is 4.79 Å². The lowest BCUT2D eigenvalue weighted by molar-refractivity contribution is -0.130. The third kappa shape index (κ3) is 2.22. The number of carbonyl (C=O) groups is 1. The first-order valence-corrected chi connectivity index (χ1v) is 10.3. The molecule has 4 aromatic rings. The van der Waals surface area contributed by atoms with Gasteiger partial charge in [0.2, 0.25) is 11.4 Å². The van der Waals surface area contributed by atoms with E-state index in [1.165, 1.54) is 5.56 Å². The van der Waals surface area contributed by atoms with Crippen LogP contribution in [0, 0.1) is 6.92 Å². The van der Waals surface area contributed by atoms with Crippen molar-refractivity contribution in [3.63, 3.8) is 0 Å². The smallest absolute Gasteiger partial charge is 0.207 e. The fraction of sp³-hybridized carbons (Fsp3) is 0.107. The van der Waals surface area contributed by atoms with Crippen molar-refractivity contribution < 1.29 is 9.53 Å². The van der Waals surface area contributed by atoms with Crippen molar-refractivity contribution in [3.05, 3.63) is 119 Å². The Morgan fingerprint density at radius 1 is 0.800 bits per heavy atom. The van der Waals surface area contributed by atoms with E-state index in [4.69, 9.17) is 4.74 Å². The van der Waals surface area contributed by atoms with E-state index in [-0.39, 0.29) is 11.7 Å². The van der Waals surface area contributed by atoms with Crippen LogP contribution in [0.4, 0.5) is 0 Å². The minimum absolute atomic E-state index is 0.00736. The average Bonchev–Trinajstić information content (AvgIpc) is 3.14. The Balaban J connectivity index is 1.72. The third-order valence-electron chi connectivity index (χ3n) is 6.45. The SMILES string of the molecule is Cc1ccc([C@@H]2c3c(ccc4ccccc34)O[C@]23C(=O)C=Cc2ccccc23)cc1. The maximum absolute atomic E-state index is 13.6. The van der Waals surface area contributed by atoms with Crippen molar-refractivity contribution in [2.45, 2.75) is 18.4 Å². The van der Waals surface area contributed by atoms with Crippen LogP contribution < -0.4 is 4.74 Å². The van der Waals surface area contributed by atoms with Crippen molar-refractivity contribution in [1.29, 1.82) is 0 Å². The van der Waals surface area contributed by atoms with Gasteiger partial charge in [-0.2, -0.15) is 0 Å². The molecule has 0 saturated carbocycles. The molecule has 6 rings (SSSR count). The molecule has 1 spiro atoms. The Labute approximate surface area is 175 Å². The lowest BCUT2D eigenvalue weighted by Gasteiger charge is -2.36. The molecule has 0 unspecified atom stereocenters. The highest BCUT2D eigenvalue weighted by Crippen LogP contribution is 2.57. The van der Waals surface area contributed by atoms with Crippen molar-refractivity contribution in [2.24, 2.45) is 0 Å². The second-order valence-electron chi connectivity index (χ2n) is 8.16. The molecule has 0 amide bonds. The van der Waals surface area contributed by atoms with E-state index >= 15 is 0 Å². The van der Waals surface area contributed by atoms with Crippen LogP contribution in [-0.4, -0.2) is 5.78 Å². The van der Waals surface area contributed by atoms with Gasteiger partial charge in [0.1, 0.15) is 5.75 Å². The van der Waals surface area contributed by atoms with E-state index < -0.39 is 5.60 Å². The number of benzene rings is 4. The second-order valence-corrected chi connectivity index (χ2v) is 8.16. The van der Waals surface area contributed by atoms with Crippen LogP contribution in [0.2, 0.25) is 0 Å². The van der Waals surface area contributed by atoms with Crippen molar-refractivity contribution in [3.8, 4) is 5.75 Å². The maximum atomic E-state index is 13.6. The van der Waals surface area contributed by atoms with E-state index in [1.807, 2.05) is 36.4 Å². The first-order chi connectivity index (χ1) is 14.7. The van der Waals surface area contributed by atoms with Crippen LogP contribution in [0.15, 0.2) is 91.0 Å². The molecule has 1 heterocycles. The topological polar surface area (TPSA) is 26.3 Å². The summed E-state index contributed by atoms with van der Waals surface area (Å²) in [6, 6.07) is 29.0. The van der Waals surface area contributed by atoms with Crippen LogP contribution in [-0.2, 0) is 10.4 Å². The third-order valence-corrected chi connectivity index (χ3v) is 6.45. The fourth-order valence-corrected chi connectivity index (χ4v) is 5.06. The minimum Gasteiger partial charge on any atom is -0.473 e. The van der Waals surface area contributed by atoms with Gasteiger partial charge in [-0.05, 0) is 41.0 Å². The minimum atomic E-state index is -1.09. The molecule has 0 N–H and O–H groups in total. The highest BCUT2D eigenvalue weighted by atomic mass is 16.5. The molecule has 1 aliphatic heterocycles. The molecule has 30 heavy (non-hydrogen) atoms. The van der Waals surface area contributed by atoms with Gasteiger partial charge in [-0.25, -0.2) is 0 Å². The number of fused-ring (bicyclic) bond motifs is 5. The van der Waals surface area contributed by atoms with Crippen LogP contribution in [0.1, 0.15) is 33.7 Å². The highest BCUT2D eigenvalue weighted by Gasteiger charge is 2.57. The van der Waals surface area contributed by atoms with Gasteiger partial charge in [-0.1, -0.05) is 90.5 Å². The van der Waals surface area contributed by atoms with Crippen LogP contribution in [0.5, 0.6) is 5.75 Å². The maximum Gasteiger partial charge on any atom is 0.207 e. The van der Waals surface area contributed by atoms with Gasteiger partial charge in [-0.15, -0.1) is 0 Å². The monoisotopic (exact) mass is 388 g/mol. The van der Waals surface area contributed by atoms with Gasteiger partial charge >= 0.3 is 0 Å². The van der Waals surface area contributed by atoms with E-state index in [0.29, 0.717) is 0 Å². The molecule has 4 aromatic carbocycles. The van der Waals surface area contributed by atoms with E-state index in [0.717, 1.165) is 38.8 Å². The number of hydrogen-bond donors (Lipinski definition) is 0. The summed E-state index contributed by atoms with van der Waals surface area (Å²) in [6.07, 6.45) is 3.58. The number of rotatable bonds is 1. The summed E-state index contributed by atoms with van der Waals surface area (Å²) < 4.78 is 6.68. The molecule has 0 aromatic heterocycles. The van der Waals surface area contributed by atoms with Gasteiger partial charge in [0.25, 0.3) is 0 Å². The van der Waals surface area contributed by atoms with Gasteiger partial charge in [0.05, 0.1) is 5.92 Å². The summed E-state index contributed by atoms with van der Waals surface area (Å²) >= 11 is 0. The molecule has 2 aliphatic rings. The zero-order valence-electron chi connectivity index (χ0n) is 16.6. The molecular weight excluding hydrogens is 368 g/mol. The fourth-order valence-electron chi connectivity index (χ4n) is 5.06. The lowest BCUT2D eigenvalue weighted by Crippen LogP contribution is -2.45. The Bertz CT molecular complexity index is 1350. The Morgan fingerprint density at radius 3 is 2.43 bits per heavy atom. The number of ketones is 1. The molecule has 0 radical (unpaired) electrons. The van der Waals surface area contributed by atoms with Crippen molar-refractivity contribution in [1.82, 2.24) is 0 Å². The van der Waals surface area contributed by atoms with Crippen LogP contribution in [0.3, 0.4) is 0 Å². The zero-order valence-corrected chi connectivity index (χ0v) is 16.6. The van der Waals surface area contributed by atoms with Crippen LogP contribution in [0.25, 0.3) is 16.8 Å². The number of aryl methyl sites for hydroxylation is 1. The van der Waals surface area contributed by atoms with Gasteiger partial charge in [0, 0.05) is 11.1 Å². The first-order valence-electron chi connectivity index (χ1n) is 10.3. The summed E-state index contributed by atoms with van der Waals surface area (Å²) in [4.78, 5) is 13.6. The van der Waals surface area contributed by atoms with Crippen molar-refractivity contribution >= 4 is 22.6 Å². The zero-order chi connectivity index (χ0) is 20.3. The average molecular weight is 388 g/mol. The van der Waals surface area contributed by atoms with Gasteiger partial charge < -0.3 is 4.74 Å². The summed E-state index contributed by atoms with van der Waals surface area (Å²) in [6.45, 7) is 2.08. The Hall–Kier alpha value is -3.65. The number of ether oxygens (including phenoxy) is 1. The standard InChI is InChI=1S/C28H20O2/c1-18-10-12-21(13-11-18)27-26-22-8-4-2-6-19(22)14-16-24(26)30-28(27)23-9-5-3-7-20(23)15-17-25(28)29/h2-17,27H,1H3/t27-,28-/m1/s1. The largest absolute Gasteiger partial charge is 0.473 e. The van der Waals surface area contributed by atoms with E-state index in [2.05, 4.69) is 61.5 Å². The Kier molecular flexibility index (Phi) is 3.54. The molecule has 1 aliphatic carbocycles. The molecule has 2 atom stereocenters. The van der Waals surface area contributed by atoms with E-state index in [9.17, 15) is 4.79 Å². The first kappa shape index (κ1) is 17.2. The molecule has 144 valence electrons. The Morgan fingerprint density at radius 2 is 1.57 bits per heavy atom. The van der Waals surface area contributed by atoms with Gasteiger partial charge in [0.15, 0.2) is 0 Å². The molecule has 0 fully saturated rings. The summed E-state index contributed by atoms with van der Waals surface area (Å²) in [7, 11) is 0. The number of hydrogen-bond acceptors (Lipinski definition) is 2. The second kappa shape index (κ2) is 6.17. The van der Waals surface area contributed by atoms with Crippen molar-refractivity contribution in [2.75, 3.05) is 0 Å². The number of carbonyl (C=O) groups excluding carboxylic acids is 1. The lowest BCUT2D eigenvalue weighted by atomic mass is 9.69. The van der Waals surface area contributed by atoms with E-state index in [1.54, 1.807) is 6.08 Å². The summed E-state index contributed by atoms with van der Waals surface area (Å²) in [5.74, 6) is 0.558. The molecule has 2 nitrogen and oxygen atoms in total.